The quantitative estimate of drug-likeness (QED) is 0.769. The van der Waals surface area contributed by atoms with Gasteiger partial charge in [0.1, 0.15) is 0 Å². The Morgan fingerprint density at radius 1 is 1.14 bits per heavy atom. The molecular weight excluding hydrogens is 278 g/mol. The molecule has 2 aromatic rings. The molecule has 22 heavy (non-hydrogen) atoms. The van der Waals surface area contributed by atoms with Crippen molar-refractivity contribution in [3.05, 3.63) is 71.3 Å². The highest BCUT2D eigenvalue weighted by Crippen LogP contribution is 2.12. The molecule has 0 aliphatic carbocycles. The van der Waals surface area contributed by atoms with Crippen LogP contribution in [0.15, 0.2) is 54.6 Å². The van der Waals surface area contributed by atoms with E-state index in [2.05, 4.69) is 6.07 Å². The van der Waals surface area contributed by atoms with Gasteiger partial charge in [0.05, 0.1) is 25.3 Å². The van der Waals surface area contributed by atoms with E-state index in [1.807, 2.05) is 36.4 Å². The summed E-state index contributed by atoms with van der Waals surface area (Å²) < 4.78 is 10.5. The van der Waals surface area contributed by atoms with E-state index in [9.17, 15) is 4.79 Å². The second-order valence-corrected chi connectivity index (χ2v) is 4.82. The molecule has 2 aromatic carbocycles. The predicted molar refractivity (Wildman–Crippen MR) is 81.9 cm³/mol. The second kappa shape index (κ2) is 7.96. The third kappa shape index (κ3) is 4.44. The van der Waals surface area contributed by atoms with Crippen molar-refractivity contribution in [2.24, 2.45) is 0 Å². The lowest BCUT2D eigenvalue weighted by atomic mass is 10.1. The molecule has 4 heteroatoms. The fraction of sp³-hybridized carbons (Fsp3) is 0.222. The van der Waals surface area contributed by atoms with Crippen molar-refractivity contribution in [3.63, 3.8) is 0 Å². The van der Waals surface area contributed by atoms with Gasteiger partial charge in [0.2, 0.25) is 0 Å². The summed E-state index contributed by atoms with van der Waals surface area (Å²) in [5, 5.41) is 8.93. The third-order valence-electron chi connectivity index (χ3n) is 3.24. The summed E-state index contributed by atoms with van der Waals surface area (Å²) in [6, 6.07) is 18.8. The number of hydrogen-bond acceptors (Lipinski definition) is 4. The fourth-order valence-electron chi connectivity index (χ4n) is 2.09. The van der Waals surface area contributed by atoms with Gasteiger partial charge in [-0.2, -0.15) is 5.26 Å². The molecule has 0 bridgehead atoms. The highest BCUT2D eigenvalue weighted by atomic mass is 16.6. The number of nitriles is 1. The summed E-state index contributed by atoms with van der Waals surface area (Å²) in [5.41, 5.74) is 2.41. The molecule has 1 atom stereocenters. The van der Waals surface area contributed by atoms with E-state index in [0.717, 1.165) is 11.1 Å². The first kappa shape index (κ1) is 15.7. The van der Waals surface area contributed by atoms with Crippen molar-refractivity contribution in [1.82, 2.24) is 0 Å². The van der Waals surface area contributed by atoms with Gasteiger partial charge in [-0.25, -0.2) is 4.79 Å². The predicted octanol–water partition coefficient (Wildman–Crippen LogP) is 2.86. The van der Waals surface area contributed by atoms with Gasteiger partial charge in [0.25, 0.3) is 0 Å². The third-order valence-corrected chi connectivity index (χ3v) is 3.24. The lowest BCUT2D eigenvalue weighted by molar-refractivity contribution is -0.154. The van der Waals surface area contributed by atoms with E-state index >= 15 is 0 Å². The Kier molecular flexibility index (Phi) is 5.70. The van der Waals surface area contributed by atoms with Gasteiger partial charge < -0.3 is 9.47 Å². The monoisotopic (exact) mass is 295 g/mol. The van der Waals surface area contributed by atoms with Crippen LogP contribution in [0.1, 0.15) is 16.7 Å². The molecule has 112 valence electrons. The maximum absolute atomic E-state index is 11.9. The lowest BCUT2D eigenvalue weighted by Crippen LogP contribution is -2.28. The Hall–Kier alpha value is -2.64. The van der Waals surface area contributed by atoms with E-state index in [1.54, 1.807) is 18.2 Å². The van der Waals surface area contributed by atoms with Crippen molar-refractivity contribution in [2.75, 3.05) is 7.11 Å². The lowest BCUT2D eigenvalue weighted by Gasteiger charge is -2.16. The van der Waals surface area contributed by atoms with E-state index < -0.39 is 12.1 Å². The van der Waals surface area contributed by atoms with Gasteiger partial charge in [-0.05, 0) is 23.3 Å². The molecule has 0 aliphatic rings. The SMILES string of the molecule is COC(=O)C(Cc1cccc(C#N)c1)OCc1ccccc1. The number of ether oxygens (including phenoxy) is 2. The molecule has 0 fully saturated rings. The van der Waals surface area contributed by atoms with Gasteiger partial charge in [-0.3, -0.25) is 0 Å². The normalized spacial score (nSPS) is 11.5. The minimum Gasteiger partial charge on any atom is -0.467 e. The number of rotatable bonds is 6. The molecule has 0 aliphatic heterocycles. The van der Waals surface area contributed by atoms with Crippen LogP contribution in [0.2, 0.25) is 0 Å². The Morgan fingerprint density at radius 3 is 2.55 bits per heavy atom. The van der Waals surface area contributed by atoms with Gasteiger partial charge in [-0.1, -0.05) is 42.5 Å². The first-order valence-electron chi connectivity index (χ1n) is 6.95. The van der Waals surface area contributed by atoms with Crippen LogP contribution in [0.3, 0.4) is 0 Å². The van der Waals surface area contributed by atoms with Gasteiger partial charge in [-0.15, -0.1) is 0 Å². The molecule has 0 aromatic heterocycles. The number of carbonyl (C=O) groups is 1. The van der Waals surface area contributed by atoms with Crippen molar-refractivity contribution in [1.29, 1.82) is 5.26 Å². The Labute approximate surface area is 129 Å². The summed E-state index contributed by atoms with van der Waals surface area (Å²) in [6.45, 7) is 0.332. The highest BCUT2D eigenvalue weighted by molar-refractivity contribution is 5.75. The van der Waals surface area contributed by atoms with Gasteiger partial charge in [0.15, 0.2) is 6.10 Å². The first-order valence-corrected chi connectivity index (χ1v) is 6.95. The molecule has 0 amide bonds. The van der Waals surface area contributed by atoms with Crippen LogP contribution < -0.4 is 0 Å². The first-order chi connectivity index (χ1) is 10.7. The molecule has 0 spiro atoms. The second-order valence-electron chi connectivity index (χ2n) is 4.82. The number of nitrogens with zero attached hydrogens (tertiary/aromatic N) is 1. The maximum atomic E-state index is 11.9. The van der Waals surface area contributed by atoms with Crippen LogP contribution in [0, 0.1) is 11.3 Å². The fourth-order valence-corrected chi connectivity index (χ4v) is 2.09. The van der Waals surface area contributed by atoms with Crippen LogP contribution in [0.25, 0.3) is 0 Å². The van der Waals surface area contributed by atoms with E-state index in [1.165, 1.54) is 7.11 Å². The zero-order chi connectivity index (χ0) is 15.8. The molecule has 0 saturated carbocycles. The molecule has 1 unspecified atom stereocenters. The molecule has 4 nitrogen and oxygen atoms in total. The van der Waals surface area contributed by atoms with Gasteiger partial charge >= 0.3 is 5.97 Å². The molecule has 0 saturated heterocycles. The van der Waals surface area contributed by atoms with Crippen LogP contribution in [0.5, 0.6) is 0 Å². The minimum absolute atomic E-state index is 0.332. The van der Waals surface area contributed by atoms with Crippen LogP contribution in [-0.4, -0.2) is 19.2 Å². The smallest absolute Gasteiger partial charge is 0.335 e. The summed E-state index contributed by atoms with van der Waals surface area (Å²) in [4.78, 5) is 11.9. The number of methoxy groups -OCH3 is 1. The van der Waals surface area contributed by atoms with Crippen molar-refractivity contribution < 1.29 is 14.3 Å². The topological polar surface area (TPSA) is 59.3 Å². The Morgan fingerprint density at radius 2 is 1.86 bits per heavy atom. The van der Waals surface area contributed by atoms with E-state index in [0.29, 0.717) is 18.6 Å². The van der Waals surface area contributed by atoms with Crippen LogP contribution >= 0.6 is 0 Å². The molecule has 0 radical (unpaired) electrons. The molecular formula is C18H17NO3. The summed E-state index contributed by atoms with van der Waals surface area (Å²) >= 11 is 0. The maximum Gasteiger partial charge on any atom is 0.335 e. The van der Waals surface area contributed by atoms with Crippen LogP contribution in [-0.2, 0) is 27.3 Å². The number of carbonyl (C=O) groups excluding carboxylic acids is 1. The van der Waals surface area contributed by atoms with E-state index in [-0.39, 0.29) is 0 Å². The Bertz CT molecular complexity index is 662. The molecule has 0 N–H and O–H groups in total. The largest absolute Gasteiger partial charge is 0.467 e. The van der Waals surface area contributed by atoms with Crippen molar-refractivity contribution >= 4 is 5.97 Å². The zero-order valence-electron chi connectivity index (χ0n) is 12.4. The minimum atomic E-state index is -0.695. The number of esters is 1. The summed E-state index contributed by atoms with van der Waals surface area (Å²) in [5.74, 6) is -0.418. The average Bonchev–Trinajstić information content (AvgIpc) is 2.59. The zero-order valence-corrected chi connectivity index (χ0v) is 12.4. The molecule has 0 heterocycles. The summed E-state index contributed by atoms with van der Waals surface area (Å²) in [6.07, 6.45) is -0.325. The van der Waals surface area contributed by atoms with Crippen LogP contribution in [0.4, 0.5) is 0 Å². The molecule has 2 rings (SSSR count). The number of hydrogen-bond donors (Lipinski definition) is 0. The highest BCUT2D eigenvalue weighted by Gasteiger charge is 2.20. The van der Waals surface area contributed by atoms with Crippen molar-refractivity contribution in [3.8, 4) is 6.07 Å². The standard InChI is InChI=1S/C18H17NO3/c1-21-18(20)17(22-13-14-6-3-2-4-7-14)11-15-8-5-9-16(10-15)12-19/h2-10,17H,11,13H2,1H3. The van der Waals surface area contributed by atoms with Gasteiger partial charge in [0, 0.05) is 6.42 Å². The summed E-state index contributed by atoms with van der Waals surface area (Å²) in [7, 11) is 1.34. The van der Waals surface area contributed by atoms with E-state index in [4.69, 9.17) is 14.7 Å². The average molecular weight is 295 g/mol. The number of benzene rings is 2. The van der Waals surface area contributed by atoms with Crippen molar-refractivity contribution in [2.45, 2.75) is 19.1 Å². The Balaban J connectivity index is 2.06.